The number of halogens is 2. The van der Waals surface area contributed by atoms with Crippen LogP contribution in [-0.2, 0) is 9.59 Å². The Morgan fingerprint density at radius 1 is 1.07 bits per heavy atom. The van der Waals surface area contributed by atoms with E-state index in [0.717, 1.165) is 39.0 Å². The maximum atomic E-state index is 12.5. The number of nitrogens with one attached hydrogen (secondary N) is 1. The summed E-state index contributed by atoms with van der Waals surface area (Å²) in [5.41, 5.74) is 0. The lowest BCUT2D eigenvalue weighted by Gasteiger charge is -2.41. The molecule has 1 atom stereocenters. The normalized spacial score (nSPS) is 19.1. The number of hydrogen-bond donors (Lipinski definition) is 2. The van der Waals surface area contributed by atoms with E-state index in [2.05, 4.69) is 10.2 Å². The van der Waals surface area contributed by atoms with Crippen molar-refractivity contribution in [3.63, 3.8) is 0 Å². The van der Waals surface area contributed by atoms with Crippen LogP contribution in [0.2, 0.25) is 0 Å². The molecule has 2 aliphatic rings. The van der Waals surface area contributed by atoms with Crippen molar-refractivity contribution in [2.75, 3.05) is 39.3 Å². The van der Waals surface area contributed by atoms with Crippen molar-refractivity contribution in [1.82, 2.24) is 15.1 Å². The number of para-hydroxylation sites is 1. The molecule has 2 saturated heterocycles. The van der Waals surface area contributed by atoms with Gasteiger partial charge in [-0.25, -0.2) is 4.79 Å². The van der Waals surface area contributed by atoms with Crippen molar-refractivity contribution in [3.8, 4) is 5.75 Å². The average Bonchev–Trinajstić information content (AvgIpc) is 2.69. The van der Waals surface area contributed by atoms with Crippen LogP contribution >= 0.6 is 24.8 Å². The molecule has 2 fully saturated rings. The Bertz CT molecular complexity index is 606. The van der Waals surface area contributed by atoms with E-state index < -0.39 is 12.1 Å². The van der Waals surface area contributed by atoms with E-state index in [-0.39, 0.29) is 37.1 Å². The summed E-state index contributed by atoms with van der Waals surface area (Å²) in [6.45, 7) is 5.13. The second-order valence-electron chi connectivity index (χ2n) is 6.86. The van der Waals surface area contributed by atoms with Crippen molar-refractivity contribution in [2.45, 2.75) is 31.4 Å². The lowest BCUT2D eigenvalue weighted by atomic mass is 10.0. The maximum Gasteiger partial charge on any atom is 0.345 e. The molecule has 0 saturated carbocycles. The molecule has 3 rings (SSSR count). The molecule has 7 nitrogen and oxygen atoms in total. The lowest BCUT2D eigenvalue weighted by Crippen LogP contribution is -2.54. The van der Waals surface area contributed by atoms with Crippen LogP contribution in [0.15, 0.2) is 30.3 Å². The predicted molar refractivity (Wildman–Crippen MR) is 112 cm³/mol. The first kappa shape index (κ1) is 24.5. The summed E-state index contributed by atoms with van der Waals surface area (Å²) in [6, 6.07) is 9.36. The van der Waals surface area contributed by atoms with Crippen LogP contribution in [0.1, 0.15) is 19.3 Å². The summed E-state index contributed by atoms with van der Waals surface area (Å²) >= 11 is 0. The zero-order valence-electron chi connectivity index (χ0n) is 15.8. The standard InChI is InChI=1S/C19H27N3O4.2ClH/c23-18(14-17(19(24)25)26-16-4-2-1-3-5-16)22-12-10-21(11-13-22)15-6-8-20-9-7-15;;/h1-5,15,17,20H,6-14H2,(H,24,25);2*1H. The molecule has 0 aromatic heterocycles. The second-order valence-corrected chi connectivity index (χ2v) is 6.86. The predicted octanol–water partition coefficient (Wildman–Crippen LogP) is 1.65. The van der Waals surface area contributed by atoms with E-state index in [0.29, 0.717) is 24.9 Å². The first-order valence-electron chi connectivity index (χ1n) is 9.30. The minimum Gasteiger partial charge on any atom is -0.478 e. The largest absolute Gasteiger partial charge is 0.478 e. The van der Waals surface area contributed by atoms with Crippen LogP contribution in [0.4, 0.5) is 0 Å². The lowest BCUT2D eigenvalue weighted by molar-refractivity contribution is -0.150. The van der Waals surface area contributed by atoms with Crippen molar-refractivity contribution in [3.05, 3.63) is 30.3 Å². The smallest absolute Gasteiger partial charge is 0.345 e. The highest BCUT2D eigenvalue weighted by atomic mass is 35.5. The van der Waals surface area contributed by atoms with Gasteiger partial charge in [0.25, 0.3) is 0 Å². The van der Waals surface area contributed by atoms with Crippen LogP contribution in [0.5, 0.6) is 5.75 Å². The SMILES string of the molecule is Cl.Cl.O=C(O)C(CC(=O)N1CCN(C2CCNCC2)CC1)Oc1ccccc1. The molecule has 2 N–H and O–H groups in total. The molecule has 2 heterocycles. The van der Waals surface area contributed by atoms with Crippen LogP contribution in [0, 0.1) is 0 Å². The topological polar surface area (TPSA) is 82.1 Å². The number of aliphatic carboxylic acids is 1. The van der Waals surface area contributed by atoms with E-state index in [1.165, 1.54) is 0 Å². The molecular formula is C19H29Cl2N3O4. The molecule has 9 heteroatoms. The van der Waals surface area contributed by atoms with Crippen molar-refractivity contribution in [2.24, 2.45) is 0 Å². The summed E-state index contributed by atoms with van der Waals surface area (Å²) in [5.74, 6) is -0.808. The number of ether oxygens (including phenoxy) is 1. The first-order valence-corrected chi connectivity index (χ1v) is 9.30. The number of carboxylic acid groups (broad SMARTS) is 1. The molecule has 0 bridgehead atoms. The fourth-order valence-electron chi connectivity index (χ4n) is 3.64. The first-order chi connectivity index (χ1) is 12.6. The molecule has 2 aliphatic heterocycles. The Hall–Kier alpha value is -1.54. The van der Waals surface area contributed by atoms with Gasteiger partial charge >= 0.3 is 5.97 Å². The number of carboxylic acids is 1. The Morgan fingerprint density at radius 2 is 1.68 bits per heavy atom. The average molecular weight is 434 g/mol. The highest BCUT2D eigenvalue weighted by Crippen LogP contribution is 2.17. The van der Waals surface area contributed by atoms with Gasteiger partial charge in [0.2, 0.25) is 12.0 Å². The zero-order valence-corrected chi connectivity index (χ0v) is 17.4. The minimum atomic E-state index is -1.16. The number of carbonyl (C=O) groups excluding carboxylic acids is 1. The second kappa shape index (κ2) is 12.1. The molecule has 1 unspecified atom stereocenters. The van der Waals surface area contributed by atoms with Crippen molar-refractivity contribution in [1.29, 1.82) is 0 Å². The Kier molecular flexibility index (Phi) is 10.6. The van der Waals surface area contributed by atoms with Gasteiger partial charge < -0.3 is 20.1 Å². The van der Waals surface area contributed by atoms with Gasteiger partial charge in [0.1, 0.15) is 5.75 Å². The van der Waals surface area contributed by atoms with E-state index >= 15 is 0 Å². The molecule has 1 aromatic carbocycles. The highest BCUT2D eigenvalue weighted by Gasteiger charge is 2.30. The number of nitrogens with zero attached hydrogens (tertiary/aromatic N) is 2. The Morgan fingerprint density at radius 3 is 2.25 bits per heavy atom. The van der Waals surface area contributed by atoms with Crippen LogP contribution in [0.25, 0.3) is 0 Å². The molecule has 0 radical (unpaired) electrons. The molecule has 1 amide bonds. The van der Waals surface area contributed by atoms with Gasteiger partial charge in [-0.2, -0.15) is 0 Å². The van der Waals surface area contributed by atoms with Crippen molar-refractivity contribution >= 4 is 36.7 Å². The number of rotatable bonds is 6. The van der Waals surface area contributed by atoms with Gasteiger partial charge in [-0.05, 0) is 38.1 Å². The van der Waals surface area contributed by atoms with Crippen LogP contribution in [-0.4, -0.2) is 78.2 Å². The molecule has 28 heavy (non-hydrogen) atoms. The van der Waals surface area contributed by atoms with E-state index in [4.69, 9.17) is 4.74 Å². The summed E-state index contributed by atoms with van der Waals surface area (Å²) in [4.78, 5) is 28.2. The van der Waals surface area contributed by atoms with Gasteiger partial charge in [0.15, 0.2) is 0 Å². The van der Waals surface area contributed by atoms with Gasteiger partial charge in [0, 0.05) is 32.2 Å². The van der Waals surface area contributed by atoms with Gasteiger partial charge in [-0.1, -0.05) is 18.2 Å². The Balaban J connectivity index is 0.00000196. The van der Waals surface area contributed by atoms with Gasteiger partial charge in [0.05, 0.1) is 6.42 Å². The third-order valence-electron chi connectivity index (χ3n) is 5.15. The van der Waals surface area contributed by atoms with Crippen molar-refractivity contribution < 1.29 is 19.4 Å². The number of piperazine rings is 1. The fraction of sp³-hybridized carbons (Fsp3) is 0.579. The molecule has 1 aromatic rings. The molecule has 158 valence electrons. The van der Waals surface area contributed by atoms with Gasteiger partial charge in [-0.15, -0.1) is 24.8 Å². The molecule has 0 aliphatic carbocycles. The van der Waals surface area contributed by atoms with E-state index in [9.17, 15) is 14.7 Å². The summed E-state index contributed by atoms with van der Waals surface area (Å²) in [6.07, 6.45) is 1.00. The number of benzene rings is 1. The monoisotopic (exact) mass is 433 g/mol. The number of carbonyl (C=O) groups is 2. The van der Waals surface area contributed by atoms with Crippen LogP contribution in [0.3, 0.4) is 0 Å². The highest BCUT2D eigenvalue weighted by molar-refractivity contribution is 5.85. The Labute approximate surface area is 178 Å². The summed E-state index contributed by atoms with van der Waals surface area (Å²) in [7, 11) is 0. The minimum absolute atomic E-state index is 0. The molecule has 0 spiro atoms. The fourth-order valence-corrected chi connectivity index (χ4v) is 3.64. The summed E-state index contributed by atoms with van der Waals surface area (Å²) in [5, 5.41) is 12.8. The summed E-state index contributed by atoms with van der Waals surface area (Å²) < 4.78 is 5.49. The van der Waals surface area contributed by atoms with Gasteiger partial charge in [-0.3, -0.25) is 9.69 Å². The number of piperidine rings is 1. The quantitative estimate of drug-likeness (QED) is 0.709. The van der Waals surface area contributed by atoms with E-state index in [1.807, 2.05) is 6.07 Å². The number of amides is 1. The number of hydrogen-bond acceptors (Lipinski definition) is 5. The third kappa shape index (κ3) is 6.81. The van der Waals surface area contributed by atoms with Crippen LogP contribution < -0.4 is 10.1 Å². The zero-order chi connectivity index (χ0) is 18.4. The van der Waals surface area contributed by atoms with E-state index in [1.54, 1.807) is 29.2 Å². The maximum absolute atomic E-state index is 12.5. The third-order valence-corrected chi connectivity index (χ3v) is 5.15. The molecular weight excluding hydrogens is 405 g/mol.